The van der Waals surface area contributed by atoms with E-state index in [1.165, 1.54) is 11.5 Å². The molecule has 1 atom stereocenters. The summed E-state index contributed by atoms with van der Waals surface area (Å²) < 4.78 is 3.15. The lowest BCUT2D eigenvalue weighted by Crippen LogP contribution is -2.34. The van der Waals surface area contributed by atoms with Gasteiger partial charge in [0.1, 0.15) is 6.54 Å². The van der Waals surface area contributed by atoms with E-state index in [-0.39, 0.29) is 30.1 Å². The lowest BCUT2D eigenvalue weighted by Gasteiger charge is -2.16. The summed E-state index contributed by atoms with van der Waals surface area (Å²) in [5.74, 6) is -0.404. The molecular weight excluding hydrogens is 356 g/mol. The van der Waals surface area contributed by atoms with Gasteiger partial charge in [-0.15, -0.1) is 0 Å². The van der Waals surface area contributed by atoms with Crippen LogP contribution in [0.1, 0.15) is 32.4 Å². The molecule has 3 aromatic rings. The molecule has 3 rings (SSSR count). The number of rotatable bonds is 6. The molecule has 2 amide bonds. The van der Waals surface area contributed by atoms with Gasteiger partial charge in [0.15, 0.2) is 0 Å². The van der Waals surface area contributed by atoms with Crippen LogP contribution < -0.4 is 16.3 Å². The number of nitrogens with one attached hydrogen (secondary N) is 2. The Morgan fingerprint density at radius 1 is 1.04 bits per heavy atom. The fourth-order valence-corrected chi connectivity index (χ4v) is 3.33. The van der Waals surface area contributed by atoms with Crippen molar-refractivity contribution < 1.29 is 9.59 Å². The van der Waals surface area contributed by atoms with Gasteiger partial charge in [0.25, 0.3) is 0 Å². The number of anilines is 1. The SMILES string of the molecule is CCn1c(=O)n(CC(=O)NC(C)c2cccc(NC(C)=O)c2)c2ccccc21. The number of carbonyl (C=O) groups is 2. The summed E-state index contributed by atoms with van der Waals surface area (Å²) in [6, 6.07) is 14.5. The van der Waals surface area contributed by atoms with Gasteiger partial charge in [0.2, 0.25) is 11.8 Å². The van der Waals surface area contributed by atoms with E-state index < -0.39 is 0 Å². The van der Waals surface area contributed by atoms with Crippen molar-refractivity contribution in [1.29, 1.82) is 0 Å². The molecule has 0 saturated heterocycles. The van der Waals surface area contributed by atoms with Crippen molar-refractivity contribution in [1.82, 2.24) is 14.5 Å². The molecule has 0 saturated carbocycles. The number of fused-ring (bicyclic) bond motifs is 1. The van der Waals surface area contributed by atoms with Gasteiger partial charge in [-0.1, -0.05) is 24.3 Å². The zero-order valence-electron chi connectivity index (χ0n) is 16.2. The van der Waals surface area contributed by atoms with Gasteiger partial charge in [0, 0.05) is 19.2 Å². The maximum Gasteiger partial charge on any atom is 0.329 e. The largest absolute Gasteiger partial charge is 0.348 e. The van der Waals surface area contributed by atoms with E-state index in [0.29, 0.717) is 12.2 Å². The number of aryl methyl sites for hydroxylation is 1. The summed E-state index contributed by atoms with van der Waals surface area (Å²) in [7, 11) is 0. The molecule has 2 N–H and O–H groups in total. The molecule has 0 aliphatic rings. The number of nitrogens with zero attached hydrogens (tertiary/aromatic N) is 2. The predicted octanol–water partition coefficient (Wildman–Crippen LogP) is 2.66. The van der Waals surface area contributed by atoms with Crippen LogP contribution in [-0.2, 0) is 22.7 Å². The summed E-state index contributed by atoms with van der Waals surface area (Å²) in [5, 5.41) is 5.65. The van der Waals surface area contributed by atoms with Gasteiger partial charge in [-0.3, -0.25) is 18.7 Å². The third-order valence-corrected chi connectivity index (χ3v) is 4.63. The van der Waals surface area contributed by atoms with Crippen LogP contribution in [0.2, 0.25) is 0 Å². The number of para-hydroxylation sites is 2. The quantitative estimate of drug-likeness (QED) is 0.689. The lowest BCUT2D eigenvalue weighted by molar-refractivity contribution is -0.122. The van der Waals surface area contributed by atoms with Gasteiger partial charge in [0.05, 0.1) is 17.1 Å². The second-order valence-corrected chi connectivity index (χ2v) is 6.70. The first-order chi connectivity index (χ1) is 13.4. The number of hydrogen-bond donors (Lipinski definition) is 2. The molecule has 146 valence electrons. The summed E-state index contributed by atoms with van der Waals surface area (Å²) in [6.45, 7) is 5.70. The van der Waals surface area contributed by atoms with E-state index in [9.17, 15) is 14.4 Å². The first-order valence-corrected chi connectivity index (χ1v) is 9.25. The minimum atomic E-state index is -0.267. The first-order valence-electron chi connectivity index (χ1n) is 9.25. The van der Waals surface area contributed by atoms with E-state index in [4.69, 9.17) is 0 Å². The number of amides is 2. The van der Waals surface area contributed by atoms with E-state index in [2.05, 4.69) is 10.6 Å². The maximum atomic E-state index is 12.7. The molecule has 0 fully saturated rings. The first kappa shape index (κ1) is 19.4. The molecule has 0 radical (unpaired) electrons. The van der Waals surface area contributed by atoms with Crippen LogP contribution >= 0.6 is 0 Å². The Morgan fingerprint density at radius 3 is 2.36 bits per heavy atom. The van der Waals surface area contributed by atoms with Crippen LogP contribution in [0.5, 0.6) is 0 Å². The minimum absolute atomic E-state index is 0.0535. The normalized spacial score (nSPS) is 12.0. The molecule has 0 aliphatic heterocycles. The third kappa shape index (κ3) is 3.98. The molecule has 2 aromatic carbocycles. The smallest absolute Gasteiger partial charge is 0.329 e. The molecule has 1 aromatic heterocycles. The molecule has 1 heterocycles. The topological polar surface area (TPSA) is 85.1 Å². The third-order valence-electron chi connectivity index (χ3n) is 4.63. The van der Waals surface area contributed by atoms with Crippen LogP contribution in [0.4, 0.5) is 5.69 Å². The number of benzene rings is 2. The summed E-state index contributed by atoms with van der Waals surface area (Å²) in [5.41, 5.74) is 2.90. The van der Waals surface area contributed by atoms with Crippen molar-refractivity contribution in [3.8, 4) is 0 Å². The van der Waals surface area contributed by atoms with E-state index >= 15 is 0 Å². The maximum absolute atomic E-state index is 12.7. The van der Waals surface area contributed by atoms with Crippen LogP contribution in [0.15, 0.2) is 53.3 Å². The fraction of sp³-hybridized carbons (Fsp3) is 0.286. The van der Waals surface area contributed by atoms with Crippen LogP contribution in [0.25, 0.3) is 11.0 Å². The van der Waals surface area contributed by atoms with Crippen LogP contribution in [0.3, 0.4) is 0 Å². The zero-order valence-corrected chi connectivity index (χ0v) is 16.2. The van der Waals surface area contributed by atoms with Crippen molar-refractivity contribution in [3.63, 3.8) is 0 Å². The molecule has 7 nitrogen and oxygen atoms in total. The number of aromatic nitrogens is 2. The molecule has 7 heteroatoms. The predicted molar refractivity (Wildman–Crippen MR) is 109 cm³/mol. The Morgan fingerprint density at radius 2 is 1.71 bits per heavy atom. The van der Waals surface area contributed by atoms with Crippen LogP contribution in [-0.4, -0.2) is 20.9 Å². The Bertz CT molecular complexity index is 1080. The van der Waals surface area contributed by atoms with Gasteiger partial charge < -0.3 is 10.6 Å². The van der Waals surface area contributed by atoms with Gasteiger partial charge in [-0.05, 0) is 43.7 Å². The average molecular weight is 380 g/mol. The Kier molecular flexibility index (Phi) is 5.63. The minimum Gasteiger partial charge on any atom is -0.348 e. The molecule has 0 aliphatic carbocycles. The van der Waals surface area contributed by atoms with Gasteiger partial charge >= 0.3 is 5.69 Å². The monoisotopic (exact) mass is 380 g/mol. The van der Waals surface area contributed by atoms with Crippen molar-refractivity contribution in [2.45, 2.75) is 39.9 Å². The Balaban J connectivity index is 1.78. The van der Waals surface area contributed by atoms with Gasteiger partial charge in [-0.25, -0.2) is 4.79 Å². The highest BCUT2D eigenvalue weighted by Gasteiger charge is 2.16. The zero-order chi connectivity index (χ0) is 20.3. The second kappa shape index (κ2) is 8.12. The van der Waals surface area contributed by atoms with Crippen LogP contribution in [0, 0.1) is 0 Å². The molecular formula is C21H24N4O3. The number of carbonyl (C=O) groups excluding carboxylic acids is 2. The highest BCUT2D eigenvalue weighted by Crippen LogP contribution is 2.18. The van der Waals surface area contributed by atoms with E-state index in [1.54, 1.807) is 10.6 Å². The highest BCUT2D eigenvalue weighted by molar-refractivity contribution is 5.88. The van der Waals surface area contributed by atoms with Crippen molar-refractivity contribution >= 4 is 28.5 Å². The summed E-state index contributed by atoms with van der Waals surface area (Å²) >= 11 is 0. The van der Waals surface area contributed by atoms with Gasteiger partial charge in [-0.2, -0.15) is 0 Å². The molecule has 0 spiro atoms. The molecule has 28 heavy (non-hydrogen) atoms. The van der Waals surface area contributed by atoms with E-state index in [1.807, 2.05) is 56.3 Å². The van der Waals surface area contributed by atoms with Crippen molar-refractivity contribution in [2.24, 2.45) is 0 Å². The summed E-state index contributed by atoms with van der Waals surface area (Å²) in [6.07, 6.45) is 0. The molecule has 1 unspecified atom stereocenters. The van der Waals surface area contributed by atoms with Crippen molar-refractivity contribution in [2.75, 3.05) is 5.32 Å². The van der Waals surface area contributed by atoms with Crippen molar-refractivity contribution in [3.05, 3.63) is 64.6 Å². The Hall–Kier alpha value is -3.35. The standard InChI is InChI=1S/C21H24N4O3/c1-4-24-18-10-5-6-11-19(18)25(21(24)28)13-20(27)22-14(2)16-8-7-9-17(12-16)23-15(3)26/h5-12,14H,4,13H2,1-3H3,(H,22,27)(H,23,26). The highest BCUT2D eigenvalue weighted by atomic mass is 16.2. The number of hydrogen-bond acceptors (Lipinski definition) is 3. The molecule has 0 bridgehead atoms. The second-order valence-electron chi connectivity index (χ2n) is 6.70. The Labute approximate surface area is 163 Å². The summed E-state index contributed by atoms with van der Waals surface area (Å²) in [4.78, 5) is 36.5. The number of imidazole rings is 1. The fourth-order valence-electron chi connectivity index (χ4n) is 3.33. The average Bonchev–Trinajstić information content (AvgIpc) is 2.92. The lowest BCUT2D eigenvalue weighted by atomic mass is 10.1. The van der Waals surface area contributed by atoms with E-state index in [0.717, 1.165) is 16.6 Å².